The van der Waals surface area contributed by atoms with Gasteiger partial charge in [-0.15, -0.1) is 0 Å². The van der Waals surface area contributed by atoms with E-state index in [1.54, 1.807) is 0 Å². The van der Waals surface area contributed by atoms with E-state index in [0.29, 0.717) is 17.5 Å². The van der Waals surface area contributed by atoms with Crippen molar-refractivity contribution in [3.05, 3.63) is 35.7 Å². The molecule has 20 heavy (non-hydrogen) atoms. The molecular formula is C13H15N3O4. The summed E-state index contributed by atoms with van der Waals surface area (Å²) in [6.07, 6.45) is 2.67. The van der Waals surface area contributed by atoms with Crippen molar-refractivity contribution >= 4 is 5.97 Å². The molecule has 0 aliphatic rings. The molecule has 2 heterocycles. The molecule has 0 amide bonds. The number of ether oxygens (including phenoxy) is 1. The van der Waals surface area contributed by atoms with Gasteiger partial charge in [0.2, 0.25) is 0 Å². The van der Waals surface area contributed by atoms with Crippen LogP contribution in [-0.4, -0.2) is 26.2 Å². The maximum atomic E-state index is 10.8. The largest absolute Gasteiger partial charge is 0.482 e. The number of aromatic carboxylic acids is 1. The summed E-state index contributed by atoms with van der Waals surface area (Å²) >= 11 is 0. The molecule has 2 aromatic heterocycles. The number of hydrogen-bond donors (Lipinski definition) is 1. The lowest BCUT2D eigenvalue weighted by Gasteiger charge is -2.10. The Morgan fingerprint density at radius 1 is 1.40 bits per heavy atom. The first-order valence-corrected chi connectivity index (χ1v) is 6.00. The van der Waals surface area contributed by atoms with Gasteiger partial charge >= 0.3 is 5.97 Å². The van der Waals surface area contributed by atoms with E-state index in [4.69, 9.17) is 14.4 Å². The summed E-state index contributed by atoms with van der Waals surface area (Å²) in [7, 11) is 0. The van der Waals surface area contributed by atoms with Gasteiger partial charge in [-0.25, -0.2) is 4.79 Å². The number of carboxylic acid groups (broad SMARTS) is 1. The van der Waals surface area contributed by atoms with E-state index < -0.39 is 5.97 Å². The summed E-state index contributed by atoms with van der Waals surface area (Å²) in [5, 5.41) is 12.7. The average Bonchev–Trinajstić information content (AvgIpc) is 2.85. The van der Waals surface area contributed by atoms with Gasteiger partial charge in [-0.1, -0.05) is 25.9 Å². The average molecular weight is 277 g/mol. The zero-order chi connectivity index (χ0) is 14.8. The molecule has 1 N–H and O–H groups in total. The van der Waals surface area contributed by atoms with Crippen LogP contribution < -0.4 is 4.74 Å². The van der Waals surface area contributed by atoms with E-state index in [0.717, 1.165) is 0 Å². The number of pyridine rings is 1. The third-order valence-electron chi connectivity index (χ3n) is 2.46. The minimum absolute atomic E-state index is 0.0587. The number of carbonyl (C=O) groups is 1. The third-order valence-corrected chi connectivity index (χ3v) is 2.46. The zero-order valence-corrected chi connectivity index (χ0v) is 11.5. The van der Waals surface area contributed by atoms with Gasteiger partial charge in [0.25, 0.3) is 5.89 Å². The standard InChI is InChI=1S/C13H15N3O4/c1-13(2,3)12-15-10(20-16-12)7-19-9-4-8(11(17)18)5-14-6-9/h4-6H,7H2,1-3H3,(H,17,18). The van der Waals surface area contributed by atoms with E-state index >= 15 is 0 Å². The summed E-state index contributed by atoms with van der Waals surface area (Å²) in [6, 6.07) is 1.39. The van der Waals surface area contributed by atoms with E-state index in [9.17, 15) is 4.79 Å². The first-order valence-electron chi connectivity index (χ1n) is 6.00. The van der Waals surface area contributed by atoms with Crippen molar-refractivity contribution in [3.8, 4) is 5.75 Å². The Labute approximate surface area is 115 Å². The van der Waals surface area contributed by atoms with Crippen LogP contribution in [0.4, 0.5) is 0 Å². The zero-order valence-electron chi connectivity index (χ0n) is 11.5. The highest BCUT2D eigenvalue weighted by Crippen LogP contribution is 2.19. The molecule has 2 rings (SSSR count). The van der Waals surface area contributed by atoms with Gasteiger partial charge < -0.3 is 14.4 Å². The second-order valence-electron chi connectivity index (χ2n) is 5.26. The number of carboxylic acids is 1. The van der Waals surface area contributed by atoms with Crippen molar-refractivity contribution in [2.45, 2.75) is 32.8 Å². The number of hydrogen-bond acceptors (Lipinski definition) is 6. The summed E-state index contributed by atoms with van der Waals surface area (Å²) in [6.45, 7) is 5.99. The van der Waals surface area contributed by atoms with Crippen molar-refractivity contribution in [1.82, 2.24) is 15.1 Å². The quantitative estimate of drug-likeness (QED) is 0.912. The summed E-state index contributed by atoms with van der Waals surface area (Å²) in [4.78, 5) is 18.8. The van der Waals surface area contributed by atoms with Crippen molar-refractivity contribution in [2.24, 2.45) is 0 Å². The fraction of sp³-hybridized carbons (Fsp3) is 0.385. The molecule has 0 aliphatic heterocycles. The van der Waals surface area contributed by atoms with Crippen molar-refractivity contribution in [2.75, 3.05) is 0 Å². The van der Waals surface area contributed by atoms with Gasteiger partial charge in [0.1, 0.15) is 5.75 Å². The van der Waals surface area contributed by atoms with Crippen LogP contribution in [0, 0.1) is 0 Å². The molecule has 0 aliphatic carbocycles. The molecule has 2 aromatic rings. The van der Waals surface area contributed by atoms with E-state index in [1.165, 1.54) is 18.5 Å². The molecule has 0 aromatic carbocycles. The lowest BCUT2D eigenvalue weighted by Crippen LogP contribution is -2.13. The van der Waals surface area contributed by atoms with Gasteiger partial charge in [0.15, 0.2) is 12.4 Å². The maximum Gasteiger partial charge on any atom is 0.337 e. The molecule has 0 saturated heterocycles. The van der Waals surface area contributed by atoms with Gasteiger partial charge in [0.05, 0.1) is 11.8 Å². The summed E-state index contributed by atoms with van der Waals surface area (Å²) in [5.74, 6) is 0.195. The van der Waals surface area contributed by atoms with Gasteiger partial charge in [-0.05, 0) is 6.07 Å². The highest BCUT2D eigenvalue weighted by Gasteiger charge is 2.21. The number of nitrogens with zero attached hydrogens (tertiary/aromatic N) is 3. The first-order chi connectivity index (χ1) is 9.36. The van der Waals surface area contributed by atoms with Crippen LogP contribution in [0.1, 0.15) is 42.8 Å². The summed E-state index contributed by atoms with van der Waals surface area (Å²) < 4.78 is 10.5. The lowest BCUT2D eigenvalue weighted by atomic mass is 9.96. The number of rotatable bonds is 4. The Bertz CT molecular complexity index is 616. The molecule has 0 unspecified atom stereocenters. The van der Waals surface area contributed by atoms with Crippen LogP contribution in [0.2, 0.25) is 0 Å². The Kier molecular flexibility index (Phi) is 3.69. The molecule has 0 saturated carbocycles. The van der Waals surface area contributed by atoms with Gasteiger partial charge in [-0.2, -0.15) is 4.98 Å². The smallest absolute Gasteiger partial charge is 0.337 e. The molecule has 7 heteroatoms. The maximum absolute atomic E-state index is 10.8. The van der Waals surface area contributed by atoms with Crippen molar-refractivity contribution < 1.29 is 19.2 Å². The van der Waals surface area contributed by atoms with E-state index in [2.05, 4.69) is 15.1 Å². The highest BCUT2D eigenvalue weighted by molar-refractivity contribution is 5.87. The van der Waals surface area contributed by atoms with Crippen LogP contribution in [0.3, 0.4) is 0 Å². The molecular weight excluding hydrogens is 262 g/mol. The molecule has 0 atom stereocenters. The van der Waals surface area contributed by atoms with Crippen LogP contribution >= 0.6 is 0 Å². The minimum atomic E-state index is -1.06. The second-order valence-corrected chi connectivity index (χ2v) is 5.26. The molecule has 0 fully saturated rings. The predicted molar refractivity (Wildman–Crippen MR) is 68.5 cm³/mol. The van der Waals surface area contributed by atoms with Crippen LogP contribution in [0.15, 0.2) is 23.0 Å². The lowest BCUT2D eigenvalue weighted by molar-refractivity contribution is 0.0696. The molecule has 0 bridgehead atoms. The van der Waals surface area contributed by atoms with Gasteiger partial charge in [-0.3, -0.25) is 4.98 Å². The molecule has 106 valence electrons. The van der Waals surface area contributed by atoms with Crippen molar-refractivity contribution in [3.63, 3.8) is 0 Å². The first kappa shape index (κ1) is 14.0. The molecule has 7 nitrogen and oxygen atoms in total. The fourth-order valence-electron chi connectivity index (χ4n) is 1.38. The van der Waals surface area contributed by atoms with Crippen molar-refractivity contribution in [1.29, 1.82) is 0 Å². The Morgan fingerprint density at radius 3 is 2.75 bits per heavy atom. The molecule has 0 radical (unpaired) electrons. The van der Waals surface area contributed by atoms with Crippen LogP contribution in [0.25, 0.3) is 0 Å². The Balaban J connectivity index is 2.04. The second kappa shape index (κ2) is 5.28. The predicted octanol–water partition coefficient (Wildman–Crippen LogP) is 2.04. The Morgan fingerprint density at radius 2 is 2.15 bits per heavy atom. The highest BCUT2D eigenvalue weighted by atomic mass is 16.5. The summed E-state index contributed by atoms with van der Waals surface area (Å²) in [5.41, 5.74) is -0.143. The van der Waals surface area contributed by atoms with Crippen LogP contribution in [0.5, 0.6) is 5.75 Å². The normalized spacial score (nSPS) is 11.3. The van der Waals surface area contributed by atoms with Crippen LogP contribution in [-0.2, 0) is 12.0 Å². The number of aromatic nitrogens is 3. The monoisotopic (exact) mass is 277 g/mol. The molecule has 0 spiro atoms. The van der Waals surface area contributed by atoms with E-state index in [-0.39, 0.29) is 17.6 Å². The van der Waals surface area contributed by atoms with Gasteiger partial charge in [0, 0.05) is 11.6 Å². The fourth-order valence-corrected chi connectivity index (χ4v) is 1.38. The SMILES string of the molecule is CC(C)(C)c1noc(COc2cncc(C(=O)O)c2)n1. The van der Waals surface area contributed by atoms with E-state index in [1.807, 2.05) is 20.8 Å². The minimum Gasteiger partial charge on any atom is -0.482 e. The third kappa shape index (κ3) is 3.31. The Hall–Kier alpha value is -2.44. The topological polar surface area (TPSA) is 98.3 Å².